The summed E-state index contributed by atoms with van der Waals surface area (Å²) in [4.78, 5) is 17.3. The SMILES string of the molecule is Cc1ccccc1OCc1nc2ccccc2n1CC(=O)NCc1ccc(F)cc1. The van der Waals surface area contributed by atoms with Gasteiger partial charge in [0.15, 0.2) is 0 Å². The summed E-state index contributed by atoms with van der Waals surface area (Å²) >= 11 is 0. The van der Waals surface area contributed by atoms with Crippen LogP contribution in [0.25, 0.3) is 11.0 Å². The number of ether oxygens (including phenoxy) is 1. The second-order valence-corrected chi connectivity index (χ2v) is 7.06. The topological polar surface area (TPSA) is 56.2 Å². The standard InChI is InChI=1S/C24H22FN3O2/c1-17-6-2-5-9-22(17)30-16-23-27-20-7-3-4-8-21(20)28(23)15-24(29)26-14-18-10-12-19(25)13-11-18/h2-13H,14-16H2,1H3,(H,26,29). The highest BCUT2D eigenvalue weighted by molar-refractivity contribution is 5.81. The quantitative estimate of drug-likeness (QED) is 0.498. The summed E-state index contributed by atoms with van der Waals surface area (Å²) in [6.07, 6.45) is 0. The lowest BCUT2D eigenvalue weighted by Gasteiger charge is -2.12. The number of fused-ring (bicyclic) bond motifs is 1. The molecule has 6 heteroatoms. The van der Waals surface area contributed by atoms with Gasteiger partial charge in [0, 0.05) is 6.54 Å². The van der Waals surface area contributed by atoms with Gasteiger partial charge in [0.25, 0.3) is 0 Å². The molecule has 0 aliphatic carbocycles. The van der Waals surface area contributed by atoms with Crippen molar-refractivity contribution in [2.45, 2.75) is 26.6 Å². The summed E-state index contributed by atoms with van der Waals surface area (Å²) in [5, 5.41) is 2.88. The summed E-state index contributed by atoms with van der Waals surface area (Å²) in [7, 11) is 0. The van der Waals surface area contributed by atoms with E-state index < -0.39 is 0 Å². The largest absolute Gasteiger partial charge is 0.485 e. The van der Waals surface area contributed by atoms with Gasteiger partial charge in [-0.25, -0.2) is 9.37 Å². The van der Waals surface area contributed by atoms with Crippen LogP contribution in [0.3, 0.4) is 0 Å². The fraction of sp³-hybridized carbons (Fsp3) is 0.167. The van der Waals surface area contributed by atoms with Crippen molar-refractivity contribution in [2.24, 2.45) is 0 Å². The van der Waals surface area contributed by atoms with Crippen LogP contribution in [-0.2, 0) is 24.5 Å². The number of rotatable bonds is 7. The van der Waals surface area contributed by atoms with Gasteiger partial charge in [0.05, 0.1) is 11.0 Å². The van der Waals surface area contributed by atoms with E-state index >= 15 is 0 Å². The molecule has 0 bridgehead atoms. The first-order chi connectivity index (χ1) is 14.6. The highest BCUT2D eigenvalue weighted by atomic mass is 19.1. The van der Waals surface area contributed by atoms with E-state index in [2.05, 4.69) is 10.3 Å². The van der Waals surface area contributed by atoms with E-state index in [0.717, 1.165) is 27.9 Å². The van der Waals surface area contributed by atoms with Crippen molar-refractivity contribution < 1.29 is 13.9 Å². The molecule has 0 saturated carbocycles. The van der Waals surface area contributed by atoms with Crippen LogP contribution in [0.2, 0.25) is 0 Å². The molecule has 0 atom stereocenters. The molecular formula is C24H22FN3O2. The number of benzene rings is 3. The van der Waals surface area contributed by atoms with Gasteiger partial charge in [0.2, 0.25) is 5.91 Å². The van der Waals surface area contributed by atoms with E-state index in [1.807, 2.05) is 60.0 Å². The predicted octanol–water partition coefficient (Wildman–Crippen LogP) is 4.38. The molecule has 5 nitrogen and oxygen atoms in total. The zero-order chi connectivity index (χ0) is 20.9. The normalized spacial score (nSPS) is 10.9. The van der Waals surface area contributed by atoms with Crippen LogP contribution in [0.1, 0.15) is 17.0 Å². The number of carbonyl (C=O) groups excluding carboxylic acids is 1. The van der Waals surface area contributed by atoms with E-state index in [4.69, 9.17) is 4.74 Å². The van der Waals surface area contributed by atoms with Crippen LogP contribution in [0.15, 0.2) is 72.8 Å². The Bertz CT molecular complexity index is 1170. The third kappa shape index (κ3) is 4.49. The third-order valence-electron chi connectivity index (χ3n) is 4.89. The van der Waals surface area contributed by atoms with E-state index in [9.17, 15) is 9.18 Å². The number of imidazole rings is 1. The Kier molecular flexibility index (Phi) is 5.75. The van der Waals surface area contributed by atoms with Crippen LogP contribution in [-0.4, -0.2) is 15.5 Å². The van der Waals surface area contributed by atoms with E-state index in [1.54, 1.807) is 12.1 Å². The van der Waals surface area contributed by atoms with Gasteiger partial charge in [0.1, 0.15) is 30.5 Å². The third-order valence-corrected chi connectivity index (χ3v) is 4.89. The number of para-hydroxylation sites is 3. The summed E-state index contributed by atoms with van der Waals surface area (Å²) in [6.45, 7) is 2.70. The zero-order valence-corrected chi connectivity index (χ0v) is 16.6. The van der Waals surface area contributed by atoms with Crippen molar-refractivity contribution >= 4 is 16.9 Å². The van der Waals surface area contributed by atoms with Gasteiger partial charge < -0.3 is 14.6 Å². The first kappa shape index (κ1) is 19.6. The van der Waals surface area contributed by atoms with Gasteiger partial charge in [-0.2, -0.15) is 0 Å². The van der Waals surface area contributed by atoms with E-state index in [-0.39, 0.29) is 24.9 Å². The molecule has 0 fully saturated rings. The smallest absolute Gasteiger partial charge is 0.240 e. The molecule has 0 spiro atoms. The van der Waals surface area contributed by atoms with Crippen molar-refractivity contribution in [1.29, 1.82) is 0 Å². The lowest BCUT2D eigenvalue weighted by atomic mass is 10.2. The first-order valence-corrected chi connectivity index (χ1v) is 9.74. The Labute approximate surface area is 174 Å². The average molecular weight is 403 g/mol. The van der Waals surface area contributed by atoms with Crippen molar-refractivity contribution in [3.05, 3.63) is 95.6 Å². The maximum atomic E-state index is 13.0. The molecule has 3 aromatic carbocycles. The number of aromatic nitrogens is 2. The molecule has 4 rings (SSSR count). The van der Waals surface area contributed by atoms with Crippen molar-refractivity contribution in [3.8, 4) is 5.75 Å². The molecule has 0 saturated heterocycles. The van der Waals surface area contributed by atoms with Crippen LogP contribution in [0.5, 0.6) is 5.75 Å². The molecular weight excluding hydrogens is 381 g/mol. The molecule has 4 aromatic rings. The number of aryl methyl sites for hydroxylation is 1. The van der Waals surface area contributed by atoms with Gasteiger partial charge in [-0.1, -0.05) is 42.5 Å². The molecule has 1 amide bonds. The summed E-state index contributed by atoms with van der Waals surface area (Å²) in [5.74, 6) is 1.01. The molecule has 30 heavy (non-hydrogen) atoms. The van der Waals surface area contributed by atoms with Gasteiger partial charge in [-0.15, -0.1) is 0 Å². The monoisotopic (exact) mass is 403 g/mol. The highest BCUT2D eigenvalue weighted by Gasteiger charge is 2.14. The van der Waals surface area contributed by atoms with Crippen molar-refractivity contribution in [3.63, 3.8) is 0 Å². The Hall–Kier alpha value is -3.67. The minimum Gasteiger partial charge on any atom is -0.485 e. The van der Waals surface area contributed by atoms with Crippen molar-refractivity contribution in [1.82, 2.24) is 14.9 Å². The number of halogens is 1. The summed E-state index contributed by atoms with van der Waals surface area (Å²) in [6, 6.07) is 21.6. The van der Waals surface area contributed by atoms with E-state index in [1.165, 1.54) is 12.1 Å². The minimum absolute atomic E-state index is 0.119. The van der Waals surface area contributed by atoms with E-state index in [0.29, 0.717) is 12.4 Å². The predicted molar refractivity (Wildman–Crippen MR) is 113 cm³/mol. The fourth-order valence-corrected chi connectivity index (χ4v) is 3.28. The molecule has 0 aliphatic rings. The Morgan fingerprint density at radius 3 is 2.57 bits per heavy atom. The molecule has 0 radical (unpaired) electrons. The summed E-state index contributed by atoms with van der Waals surface area (Å²) < 4.78 is 20.9. The molecule has 1 N–H and O–H groups in total. The van der Waals surface area contributed by atoms with Crippen LogP contribution >= 0.6 is 0 Å². The van der Waals surface area contributed by atoms with Crippen LogP contribution in [0, 0.1) is 12.7 Å². The molecule has 0 aliphatic heterocycles. The molecule has 152 valence electrons. The van der Waals surface area contributed by atoms with Crippen LogP contribution in [0.4, 0.5) is 4.39 Å². The number of amides is 1. The number of hydrogen-bond donors (Lipinski definition) is 1. The average Bonchev–Trinajstić information content (AvgIpc) is 3.10. The maximum absolute atomic E-state index is 13.0. The second kappa shape index (κ2) is 8.78. The second-order valence-electron chi connectivity index (χ2n) is 7.06. The molecule has 1 heterocycles. The van der Waals surface area contributed by atoms with Gasteiger partial charge >= 0.3 is 0 Å². The Morgan fingerprint density at radius 2 is 1.77 bits per heavy atom. The highest BCUT2D eigenvalue weighted by Crippen LogP contribution is 2.20. The number of carbonyl (C=O) groups is 1. The zero-order valence-electron chi connectivity index (χ0n) is 16.6. The van der Waals surface area contributed by atoms with Crippen molar-refractivity contribution in [2.75, 3.05) is 0 Å². The lowest BCUT2D eigenvalue weighted by Crippen LogP contribution is -2.28. The Balaban J connectivity index is 1.50. The molecule has 1 aromatic heterocycles. The number of hydrogen-bond acceptors (Lipinski definition) is 3. The maximum Gasteiger partial charge on any atom is 0.240 e. The number of nitrogens with one attached hydrogen (secondary N) is 1. The Morgan fingerprint density at radius 1 is 1.03 bits per heavy atom. The van der Waals surface area contributed by atoms with Gasteiger partial charge in [-0.05, 0) is 48.4 Å². The first-order valence-electron chi connectivity index (χ1n) is 9.74. The fourth-order valence-electron chi connectivity index (χ4n) is 3.28. The van der Waals surface area contributed by atoms with Crippen LogP contribution < -0.4 is 10.1 Å². The van der Waals surface area contributed by atoms with Gasteiger partial charge in [-0.3, -0.25) is 4.79 Å². The molecule has 0 unspecified atom stereocenters. The lowest BCUT2D eigenvalue weighted by molar-refractivity contribution is -0.121. The summed E-state index contributed by atoms with van der Waals surface area (Å²) in [5.41, 5.74) is 3.56. The minimum atomic E-state index is -0.298. The number of nitrogens with zero attached hydrogens (tertiary/aromatic N) is 2.